The van der Waals surface area contributed by atoms with Gasteiger partial charge < -0.3 is 0 Å². The Morgan fingerprint density at radius 3 is 1.49 bits per heavy atom. The van der Waals surface area contributed by atoms with E-state index in [0.29, 0.717) is 11.1 Å². The van der Waals surface area contributed by atoms with Crippen LogP contribution in [0.25, 0.3) is 76.1 Å². The molecular formula is C43H25N3S. The van der Waals surface area contributed by atoms with Crippen LogP contribution in [-0.2, 0) is 0 Å². The lowest BCUT2D eigenvalue weighted by Gasteiger charge is -2.12. The van der Waals surface area contributed by atoms with Crippen LogP contribution in [-0.4, -0.2) is 4.98 Å². The Hall–Kier alpha value is -6.33. The molecule has 0 atom stereocenters. The van der Waals surface area contributed by atoms with Gasteiger partial charge >= 0.3 is 0 Å². The zero-order chi connectivity index (χ0) is 31.7. The number of thiazole rings is 1. The largest absolute Gasteiger partial charge is 0.236 e. The molecule has 218 valence electrons. The third kappa shape index (κ3) is 5.55. The Kier molecular flexibility index (Phi) is 7.12. The molecule has 0 aliphatic rings. The number of benzene rings is 7. The van der Waals surface area contributed by atoms with Crippen molar-refractivity contribution in [3.63, 3.8) is 0 Å². The van der Waals surface area contributed by atoms with Crippen LogP contribution < -0.4 is 0 Å². The molecule has 0 saturated carbocycles. The van der Waals surface area contributed by atoms with Crippen molar-refractivity contribution in [2.24, 2.45) is 0 Å². The minimum Gasteiger partial charge on any atom is -0.236 e. The fourth-order valence-corrected chi connectivity index (χ4v) is 6.98. The highest BCUT2D eigenvalue weighted by Gasteiger charge is 2.12. The average Bonchev–Trinajstić information content (AvgIpc) is 3.59. The van der Waals surface area contributed by atoms with Crippen LogP contribution in [0.3, 0.4) is 0 Å². The first kappa shape index (κ1) is 28.2. The standard InChI is InChI=1S/C43H25N3S/c44-26-28-5-8-30(9-6-28)31-11-15-33(16-12-31)38-23-39(25-40(24-38)43-46-41-3-1-2-4-42(41)47-43)34-17-13-32(14-18-34)36-20-19-35-21-29(27-45)7-10-37(35)22-36/h1-25H. The van der Waals surface area contributed by atoms with Gasteiger partial charge in [0.05, 0.1) is 33.5 Å². The van der Waals surface area contributed by atoms with Crippen molar-refractivity contribution in [3.8, 4) is 67.2 Å². The summed E-state index contributed by atoms with van der Waals surface area (Å²) in [4.78, 5) is 4.99. The van der Waals surface area contributed by atoms with Crippen molar-refractivity contribution in [3.05, 3.63) is 163 Å². The molecule has 1 aromatic heterocycles. The molecule has 8 rings (SSSR count). The molecular weight excluding hydrogens is 591 g/mol. The van der Waals surface area contributed by atoms with Gasteiger partial charge in [-0.05, 0) is 116 Å². The zero-order valence-electron chi connectivity index (χ0n) is 25.2. The summed E-state index contributed by atoms with van der Waals surface area (Å²) in [6, 6.07) is 56.6. The second-order valence-electron chi connectivity index (χ2n) is 11.5. The Bertz CT molecular complexity index is 2480. The summed E-state index contributed by atoms with van der Waals surface area (Å²) in [6.07, 6.45) is 0. The number of fused-ring (bicyclic) bond motifs is 2. The third-order valence-electron chi connectivity index (χ3n) is 8.56. The summed E-state index contributed by atoms with van der Waals surface area (Å²) in [5, 5.41) is 21.6. The number of aromatic nitrogens is 1. The third-order valence-corrected chi connectivity index (χ3v) is 9.65. The molecule has 0 unspecified atom stereocenters. The molecule has 47 heavy (non-hydrogen) atoms. The molecule has 0 aliphatic carbocycles. The molecule has 3 nitrogen and oxygen atoms in total. The topological polar surface area (TPSA) is 60.5 Å². The van der Waals surface area contributed by atoms with Crippen LogP contribution >= 0.6 is 11.3 Å². The Morgan fingerprint density at radius 1 is 0.404 bits per heavy atom. The lowest BCUT2D eigenvalue weighted by molar-refractivity contribution is 1.47. The lowest BCUT2D eigenvalue weighted by atomic mass is 9.93. The predicted molar refractivity (Wildman–Crippen MR) is 194 cm³/mol. The van der Waals surface area contributed by atoms with Gasteiger partial charge in [0, 0.05) is 5.56 Å². The van der Waals surface area contributed by atoms with Gasteiger partial charge in [0.2, 0.25) is 0 Å². The Labute approximate surface area is 276 Å². The number of hydrogen-bond acceptors (Lipinski definition) is 4. The van der Waals surface area contributed by atoms with Crippen molar-refractivity contribution >= 4 is 32.3 Å². The summed E-state index contributed by atoms with van der Waals surface area (Å²) >= 11 is 1.71. The minimum atomic E-state index is 0.657. The van der Waals surface area contributed by atoms with Gasteiger partial charge in [0.15, 0.2) is 0 Å². The maximum atomic E-state index is 9.25. The predicted octanol–water partition coefficient (Wildman–Crippen LogP) is 11.5. The highest BCUT2D eigenvalue weighted by atomic mass is 32.1. The molecule has 4 heteroatoms. The number of para-hydroxylation sites is 1. The van der Waals surface area contributed by atoms with Gasteiger partial charge in [-0.25, -0.2) is 4.98 Å². The fourth-order valence-electron chi connectivity index (χ4n) is 6.02. The summed E-state index contributed by atoms with van der Waals surface area (Å²) in [5.74, 6) is 0. The first-order valence-corrected chi connectivity index (χ1v) is 16.1. The van der Waals surface area contributed by atoms with Crippen LogP contribution in [0, 0.1) is 22.7 Å². The second kappa shape index (κ2) is 11.9. The smallest absolute Gasteiger partial charge is 0.124 e. The molecule has 0 amide bonds. The van der Waals surface area contributed by atoms with E-state index in [9.17, 15) is 5.26 Å². The highest BCUT2D eigenvalue weighted by molar-refractivity contribution is 7.21. The number of nitrogens with zero attached hydrogens (tertiary/aromatic N) is 3. The molecule has 0 fully saturated rings. The summed E-state index contributed by atoms with van der Waals surface area (Å²) in [6.45, 7) is 0. The quantitative estimate of drug-likeness (QED) is 0.193. The van der Waals surface area contributed by atoms with Crippen molar-refractivity contribution in [1.29, 1.82) is 10.5 Å². The van der Waals surface area contributed by atoms with Crippen LogP contribution in [0.5, 0.6) is 0 Å². The maximum absolute atomic E-state index is 9.25. The van der Waals surface area contributed by atoms with E-state index in [1.165, 1.54) is 4.70 Å². The van der Waals surface area contributed by atoms with Crippen molar-refractivity contribution < 1.29 is 0 Å². The summed E-state index contributed by atoms with van der Waals surface area (Å²) in [5.41, 5.74) is 12.4. The monoisotopic (exact) mass is 615 g/mol. The van der Waals surface area contributed by atoms with Crippen molar-refractivity contribution in [2.75, 3.05) is 0 Å². The van der Waals surface area contributed by atoms with E-state index in [-0.39, 0.29) is 0 Å². The number of rotatable bonds is 5. The van der Waals surface area contributed by atoms with Gasteiger partial charge in [-0.3, -0.25) is 0 Å². The molecule has 0 radical (unpaired) electrons. The molecule has 0 bridgehead atoms. The van der Waals surface area contributed by atoms with Gasteiger partial charge in [-0.2, -0.15) is 10.5 Å². The summed E-state index contributed by atoms with van der Waals surface area (Å²) < 4.78 is 1.17. The van der Waals surface area contributed by atoms with E-state index >= 15 is 0 Å². The molecule has 7 aromatic carbocycles. The van der Waals surface area contributed by atoms with Gasteiger partial charge in [0.25, 0.3) is 0 Å². The highest BCUT2D eigenvalue weighted by Crippen LogP contribution is 2.37. The van der Waals surface area contributed by atoms with Crippen LogP contribution in [0.4, 0.5) is 0 Å². The molecule has 0 spiro atoms. The van der Waals surface area contributed by atoms with E-state index in [1.807, 2.05) is 48.5 Å². The van der Waals surface area contributed by atoms with Crippen LogP contribution in [0.15, 0.2) is 152 Å². The maximum Gasteiger partial charge on any atom is 0.124 e. The first-order valence-electron chi connectivity index (χ1n) is 15.3. The van der Waals surface area contributed by atoms with Gasteiger partial charge in [-0.15, -0.1) is 11.3 Å². The van der Waals surface area contributed by atoms with Gasteiger partial charge in [0.1, 0.15) is 5.01 Å². The van der Waals surface area contributed by atoms with E-state index in [2.05, 4.69) is 115 Å². The normalized spacial score (nSPS) is 10.9. The number of hydrogen-bond donors (Lipinski definition) is 0. The van der Waals surface area contributed by atoms with E-state index in [0.717, 1.165) is 71.4 Å². The number of nitriles is 2. The molecule has 0 aliphatic heterocycles. The average molecular weight is 616 g/mol. The van der Waals surface area contributed by atoms with Gasteiger partial charge in [-0.1, -0.05) is 91.0 Å². The van der Waals surface area contributed by atoms with E-state index in [1.54, 1.807) is 11.3 Å². The SMILES string of the molecule is N#Cc1ccc(-c2ccc(-c3cc(-c4ccc(-c5ccc6cc(C#N)ccc6c5)cc4)cc(-c4nc5ccccc5s4)c3)cc2)cc1. The first-order chi connectivity index (χ1) is 23.1. The second-order valence-corrected chi connectivity index (χ2v) is 12.5. The molecule has 8 aromatic rings. The van der Waals surface area contributed by atoms with Crippen LogP contribution in [0.1, 0.15) is 11.1 Å². The summed E-state index contributed by atoms with van der Waals surface area (Å²) in [7, 11) is 0. The van der Waals surface area contributed by atoms with Crippen molar-refractivity contribution in [1.82, 2.24) is 4.98 Å². The fraction of sp³-hybridized carbons (Fsp3) is 0. The van der Waals surface area contributed by atoms with E-state index < -0.39 is 0 Å². The molecule has 0 saturated heterocycles. The van der Waals surface area contributed by atoms with E-state index in [4.69, 9.17) is 10.2 Å². The Balaban J connectivity index is 1.17. The molecule has 1 heterocycles. The molecule has 0 N–H and O–H groups in total. The Morgan fingerprint density at radius 2 is 0.872 bits per heavy atom. The van der Waals surface area contributed by atoms with Crippen molar-refractivity contribution in [2.45, 2.75) is 0 Å². The zero-order valence-corrected chi connectivity index (χ0v) is 26.0. The van der Waals surface area contributed by atoms with Crippen LogP contribution in [0.2, 0.25) is 0 Å². The minimum absolute atomic E-state index is 0.657. The lowest BCUT2D eigenvalue weighted by Crippen LogP contribution is -1.87.